The molecular formula is C7H7N3O. The first kappa shape index (κ1) is 6.30. The first-order chi connectivity index (χ1) is 5.36. The number of aromatic nitrogens is 2. The first-order valence-electron chi connectivity index (χ1n) is 3.27. The molecule has 2 rings (SSSR count). The lowest BCUT2D eigenvalue weighted by molar-refractivity contribution is 0.243. The van der Waals surface area contributed by atoms with Gasteiger partial charge in [0, 0.05) is 6.20 Å². The molecular weight excluding hydrogens is 142 g/mol. The predicted molar refractivity (Wildman–Crippen MR) is 39.7 cm³/mol. The van der Waals surface area contributed by atoms with Crippen molar-refractivity contribution in [2.75, 3.05) is 0 Å². The SMILES string of the molecule is NC1C=Cc2cncnc2O1. The molecule has 0 radical (unpaired) electrons. The summed E-state index contributed by atoms with van der Waals surface area (Å²) in [6, 6.07) is 0. The molecule has 2 N–H and O–H groups in total. The Labute approximate surface area is 63.7 Å². The summed E-state index contributed by atoms with van der Waals surface area (Å²) in [6.45, 7) is 0. The van der Waals surface area contributed by atoms with E-state index >= 15 is 0 Å². The molecule has 0 aromatic carbocycles. The van der Waals surface area contributed by atoms with Crippen LogP contribution in [0.2, 0.25) is 0 Å². The molecule has 0 saturated heterocycles. The third-order valence-electron chi connectivity index (χ3n) is 1.42. The minimum absolute atomic E-state index is 0.377. The second kappa shape index (κ2) is 2.32. The van der Waals surface area contributed by atoms with E-state index in [-0.39, 0.29) is 6.23 Å². The zero-order chi connectivity index (χ0) is 7.68. The molecule has 0 aliphatic carbocycles. The van der Waals surface area contributed by atoms with Crippen LogP contribution in [-0.4, -0.2) is 16.2 Å². The van der Waals surface area contributed by atoms with Gasteiger partial charge in [-0.1, -0.05) is 0 Å². The van der Waals surface area contributed by atoms with E-state index in [0.717, 1.165) is 5.56 Å². The van der Waals surface area contributed by atoms with Gasteiger partial charge in [0.2, 0.25) is 5.88 Å². The number of hydrogen-bond acceptors (Lipinski definition) is 4. The van der Waals surface area contributed by atoms with Gasteiger partial charge in [0.25, 0.3) is 0 Å². The molecule has 56 valence electrons. The molecule has 4 nitrogen and oxygen atoms in total. The summed E-state index contributed by atoms with van der Waals surface area (Å²) in [4.78, 5) is 7.74. The van der Waals surface area contributed by atoms with E-state index in [0.29, 0.717) is 5.88 Å². The van der Waals surface area contributed by atoms with Gasteiger partial charge >= 0.3 is 0 Å². The number of nitrogens with two attached hydrogens (primary N) is 1. The maximum Gasteiger partial charge on any atom is 0.225 e. The summed E-state index contributed by atoms with van der Waals surface area (Å²) < 4.78 is 5.17. The lowest BCUT2D eigenvalue weighted by Crippen LogP contribution is -2.27. The Morgan fingerprint density at radius 2 is 2.45 bits per heavy atom. The highest BCUT2D eigenvalue weighted by Gasteiger charge is 2.10. The number of fused-ring (bicyclic) bond motifs is 1. The van der Waals surface area contributed by atoms with E-state index in [4.69, 9.17) is 10.5 Å². The quantitative estimate of drug-likeness (QED) is 0.571. The van der Waals surface area contributed by atoms with Crippen LogP contribution in [0, 0.1) is 0 Å². The summed E-state index contributed by atoms with van der Waals surface area (Å²) in [7, 11) is 0. The van der Waals surface area contributed by atoms with E-state index < -0.39 is 0 Å². The average Bonchev–Trinajstić information content (AvgIpc) is 2.04. The van der Waals surface area contributed by atoms with Crippen molar-refractivity contribution in [1.29, 1.82) is 0 Å². The summed E-state index contributed by atoms with van der Waals surface area (Å²) in [5.74, 6) is 0.551. The number of nitrogens with zero attached hydrogens (tertiary/aromatic N) is 2. The van der Waals surface area contributed by atoms with Gasteiger partial charge in [0.05, 0.1) is 5.56 Å². The van der Waals surface area contributed by atoms with Crippen molar-refractivity contribution in [1.82, 2.24) is 9.97 Å². The van der Waals surface area contributed by atoms with Crippen molar-refractivity contribution in [3.05, 3.63) is 24.2 Å². The van der Waals surface area contributed by atoms with Crippen LogP contribution in [0.3, 0.4) is 0 Å². The fourth-order valence-electron chi connectivity index (χ4n) is 0.909. The van der Waals surface area contributed by atoms with Crippen molar-refractivity contribution in [3.63, 3.8) is 0 Å². The van der Waals surface area contributed by atoms with Crippen LogP contribution < -0.4 is 10.5 Å². The maximum absolute atomic E-state index is 5.48. The smallest absolute Gasteiger partial charge is 0.225 e. The minimum Gasteiger partial charge on any atom is -0.455 e. The standard InChI is InChI=1S/C7H7N3O/c8-6-2-1-5-3-9-4-10-7(5)11-6/h1-4,6H,8H2. The Hall–Kier alpha value is -1.42. The first-order valence-corrected chi connectivity index (χ1v) is 3.27. The zero-order valence-electron chi connectivity index (χ0n) is 5.77. The van der Waals surface area contributed by atoms with Gasteiger partial charge in [-0.05, 0) is 12.2 Å². The van der Waals surface area contributed by atoms with Crippen molar-refractivity contribution >= 4 is 6.08 Å². The van der Waals surface area contributed by atoms with Crippen molar-refractivity contribution in [2.24, 2.45) is 5.73 Å². The lowest BCUT2D eigenvalue weighted by atomic mass is 10.2. The van der Waals surface area contributed by atoms with Crippen LogP contribution in [0.25, 0.3) is 6.08 Å². The number of rotatable bonds is 0. The molecule has 0 saturated carbocycles. The average molecular weight is 149 g/mol. The number of ether oxygens (including phenoxy) is 1. The molecule has 11 heavy (non-hydrogen) atoms. The van der Waals surface area contributed by atoms with E-state index in [1.54, 1.807) is 12.3 Å². The van der Waals surface area contributed by atoms with Crippen molar-refractivity contribution in [2.45, 2.75) is 6.23 Å². The van der Waals surface area contributed by atoms with E-state index in [1.165, 1.54) is 6.33 Å². The predicted octanol–water partition coefficient (Wildman–Crippen LogP) is 0.167. The van der Waals surface area contributed by atoms with Gasteiger partial charge in [-0.3, -0.25) is 5.73 Å². The Kier molecular flexibility index (Phi) is 1.33. The fraction of sp³-hybridized carbons (Fsp3) is 0.143. The molecule has 0 fully saturated rings. The largest absolute Gasteiger partial charge is 0.455 e. The summed E-state index contributed by atoms with van der Waals surface area (Å²) >= 11 is 0. The summed E-state index contributed by atoms with van der Waals surface area (Å²) in [6.07, 6.45) is 6.35. The van der Waals surface area contributed by atoms with E-state index in [1.807, 2.05) is 6.08 Å². The minimum atomic E-state index is -0.377. The molecule has 0 spiro atoms. The molecule has 1 aliphatic heterocycles. The van der Waals surface area contributed by atoms with Crippen LogP contribution in [-0.2, 0) is 0 Å². The molecule has 2 heterocycles. The molecule has 1 atom stereocenters. The zero-order valence-corrected chi connectivity index (χ0v) is 5.77. The Balaban J connectivity index is 2.46. The van der Waals surface area contributed by atoms with Gasteiger partial charge in [-0.15, -0.1) is 0 Å². The van der Waals surface area contributed by atoms with Gasteiger partial charge in [0.1, 0.15) is 6.33 Å². The Bertz CT molecular complexity index is 297. The van der Waals surface area contributed by atoms with E-state index in [2.05, 4.69) is 9.97 Å². The molecule has 4 heteroatoms. The Morgan fingerprint density at radius 3 is 3.36 bits per heavy atom. The highest BCUT2D eigenvalue weighted by molar-refractivity contribution is 5.55. The normalized spacial score (nSPS) is 20.6. The highest BCUT2D eigenvalue weighted by Crippen LogP contribution is 2.19. The topological polar surface area (TPSA) is 61.0 Å². The fourth-order valence-corrected chi connectivity index (χ4v) is 0.909. The molecule has 1 aliphatic rings. The number of hydrogen-bond donors (Lipinski definition) is 1. The van der Waals surface area contributed by atoms with Crippen LogP contribution in [0.1, 0.15) is 5.56 Å². The van der Waals surface area contributed by atoms with E-state index in [9.17, 15) is 0 Å². The Morgan fingerprint density at radius 1 is 1.55 bits per heavy atom. The van der Waals surface area contributed by atoms with Crippen LogP contribution in [0.15, 0.2) is 18.6 Å². The summed E-state index contributed by atoms with van der Waals surface area (Å²) in [5, 5.41) is 0. The van der Waals surface area contributed by atoms with Crippen molar-refractivity contribution in [3.8, 4) is 5.88 Å². The maximum atomic E-state index is 5.48. The monoisotopic (exact) mass is 149 g/mol. The molecule has 0 amide bonds. The third-order valence-corrected chi connectivity index (χ3v) is 1.42. The van der Waals surface area contributed by atoms with Gasteiger partial charge < -0.3 is 4.74 Å². The van der Waals surface area contributed by atoms with Gasteiger partial charge in [0.15, 0.2) is 6.23 Å². The summed E-state index contributed by atoms with van der Waals surface area (Å²) in [5.41, 5.74) is 6.35. The molecule has 1 unspecified atom stereocenters. The van der Waals surface area contributed by atoms with Crippen LogP contribution >= 0.6 is 0 Å². The second-order valence-electron chi connectivity index (χ2n) is 2.22. The highest BCUT2D eigenvalue weighted by atomic mass is 16.5. The van der Waals surface area contributed by atoms with Gasteiger partial charge in [-0.25, -0.2) is 9.97 Å². The van der Waals surface area contributed by atoms with Crippen LogP contribution in [0.5, 0.6) is 5.88 Å². The molecule has 1 aromatic heterocycles. The van der Waals surface area contributed by atoms with Gasteiger partial charge in [-0.2, -0.15) is 0 Å². The lowest BCUT2D eigenvalue weighted by Gasteiger charge is -2.15. The van der Waals surface area contributed by atoms with Crippen LogP contribution in [0.4, 0.5) is 0 Å². The second-order valence-corrected chi connectivity index (χ2v) is 2.22. The molecule has 1 aromatic rings. The van der Waals surface area contributed by atoms with Crippen molar-refractivity contribution < 1.29 is 4.74 Å². The third kappa shape index (κ3) is 1.08. The molecule has 0 bridgehead atoms.